The van der Waals surface area contributed by atoms with Crippen molar-refractivity contribution < 1.29 is 0 Å². The molecule has 0 saturated carbocycles. The fourth-order valence-electron chi connectivity index (χ4n) is 1.32. The van der Waals surface area contributed by atoms with Crippen molar-refractivity contribution >= 4 is 5.69 Å². The van der Waals surface area contributed by atoms with Gasteiger partial charge in [-0.15, -0.1) is 0 Å². The first-order chi connectivity index (χ1) is 6.90. The molecular weight excluding hydrogens is 178 g/mol. The van der Waals surface area contributed by atoms with Gasteiger partial charge in [-0.1, -0.05) is 0 Å². The second kappa shape index (κ2) is 3.95. The maximum Gasteiger partial charge on any atom is 0.0948 e. The molecule has 74 valence electrons. The van der Waals surface area contributed by atoms with E-state index in [9.17, 15) is 0 Å². The number of anilines is 1. The second-order valence-corrected chi connectivity index (χ2v) is 3.01. The Morgan fingerprint density at radius 1 is 1.50 bits per heavy atom. The van der Waals surface area contributed by atoms with Crippen LogP contribution in [0.4, 0.5) is 5.69 Å². The minimum Gasteiger partial charge on any atom is -0.377 e. The Morgan fingerprint density at radius 3 is 3.14 bits per heavy atom. The van der Waals surface area contributed by atoms with E-state index in [1.807, 2.05) is 18.7 Å². The van der Waals surface area contributed by atoms with Crippen LogP contribution in [-0.2, 0) is 13.1 Å². The average Bonchev–Trinajstić information content (AvgIpc) is 2.85. The first-order valence-electron chi connectivity index (χ1n) is 4.62. The normalized spacial score (nSPS) is 10.4. The number of H-pyrrole nitrogens is 1. The van der Waals surface area contributed by atoms with Crippen molar-refractivity contribution in [2.75, 3.05) is 5.32 Å². The number of rotatable bonds is 4. The van der Waals surface area contributed by atoms with Gasteiger partial charge in [-0.2, -0.15) is 5.10 Å². The topological polar surface area (TPSA) is 58.5 Å². The standard InChI is InChI=1S/C9H13N5/c1-2-14-7-10-5-9(14)6-11-8-3-12-13-4-8/h3-5,7,11H,2,6H2,1H3,(H,12,13). The van der Waals surface area contributed by atoms with Crippen molar-refractivity contribution in [3.63, 3.8) is 0 Å². The number of nitrogens with one attached hydrogen (secondary N) is 2. The first-order valence-corrected chi connectivity index (χ1v) is 4.62. The third-order valence-corrected chi connectivity index (χ3v) is 2.11. The van der Waals surface area contributed by atoms with Gasteiger partial charge in [-0.05, 0) is 6.92 Å². The van der Waals surface area contributed by atoms with Gasteiger partial charge in [0.15, 0.2) is 0 Å². The second-order valence-electron chi connectivity index (χ2n) is 3.01. The number of aromatic amines is 1. The maximum absolute atomic E-state index is 4.09. The van der Waals surface area contributed by atoms with Gasteiger partial charge >= 0.3 is 0 Å². The molecule has 0 saturated heterocycles. The number of imidazole rings is 1. The summed E-state index contributed by atoms with van der Waals surface area (Å²) >= 11 is 0. The summed E-state index contributed by atoms with van der Waals surface area (Å²) in [6.07, 6.45) is 7.29. The largest absolute Gasteiger partial charge is 0.377 e. The Kier molecular flexibility index (Phi) is 2.48. The van der Waals surface area contributed by atoms with Crippen LogP contribution < -0.4 is 5.32 Å². The van der Waals surface area contributed by atoms with E-state index < -0.39 is 0 Å². The monoisotopic (exact) mass is 191 g/mol. The number of aryl methyl sites for hydroxylation is 1. The van der Waals surface area contributed by atoms with Gasteiger partial charge in [0.1, 0.15) is 0 Å². The Labute approximate surface area is 82.2 Å². The lowest BCUT2D eigenvalue weighted by molar-refractivity contribution is 0.719. The predicted molar refractivity (Wildman–Crippen MR) is 53.8 cm³/mol. The van der Waals surface area contributed by atoms with E-state index in [0.717, 1.165) is 18.8 Å². The SMILES string of the molecule is CCn1cncc1CNc1cn[nH]c1. The number of aromatic nitrogens is 4. The van der Waals surface area contributed by atoms with E-state index in [4.69, 9.17) is 0 Å². The lowest BCUT2D eigenvalue weighted by Gasteiger charge is -2.05. The predicted octanol–water partition coefficient (Wildman–Crippen LogP) is 1.24. The zero-order valence-electron chi connectivity index (χ0n) is 8.07. The van der Waals surface area contributed by atoms with Gasteiger partial charge in [-0.25, -0.2) is 4.98 Å². The third kappa shape index (κ3) is 1.76. The maximum atomic E-state index is 4.09. The van der Waals surface area contributed by atoms with Crippen LogP contribution in [0.5, 0.6) is 0 Å². The molecule has 0 aliphatic carbocycles. The molecule has 14 heavy (non-hydrogen) atoms. The molecule has 2 aromatic rings. The highest BCUT2D eigenvalue weighted by atomic mass is 15.1. The lowest BCUT2D eigenvalue weighted by atomic mass is 10.4. The average molecular weight is 191 g/mol. The molecular formula is C9H13N5. The molecule has 5 nitrogen and oxygen atoms in total. The van der Waals surface area contributed by atoms with E-state index in [-0.39, 0.29) is 0 Å². The van der Waals surface area contributed by atoms with E-state index in [2.05, 4.69) is 32.0 Å². The zero-order chi connectivity index (χ0) is 9.80. The zero-order valence-corrected chi connectivity index (χ0v) is 8.07. The molecule has 2 rings (SSSR count). The van der Waals surface area contributed by atoms with Gasteiger partial charge < -0.3 is 9.88 Å². The minimum absolute atomic E-state index is 0.771. The summed E-state index contributed by atoms with van der Waals surface area (Å²) in [6.45, 7) is 3.82. The molecule has 0 unspecified atom stereocenters. The molecule has 0 amide bonds. The van der Waals surface area contributed by atoms with Crippen LogP contribution in [0.25, 0.3) is 0 Å². The van der Waals surface area contributed by atoms with Gasteiger partial charge in [0.05, 0.1) is 30.5 Å². The summed E-state index contributed by atoms with van der Waals surface area (Å²) < 4.78 is 2.10. The van der Waals surface area contributed by atoms with Gasteiger partial charge in [0.2, 0.25) is 0 Å². The molecule has 0 aliphatic heterocycles. The highest BCUT2D eigenvalue weighted by Crippen LogP contribution is 2.05. The van der Waals surface area contributed by atoms with Crippen LogP contribution in [0.3, 0.4) is 0 Å². The summed E-state index contributed by atoms with van der Waals surface area (Å²) in [6, 6.07) is 0. The molecule has 5 heteroatoms. The highest BCUT2D eigenvalue weighted by Gasteiger charge is 1.99. The van der Waals surface area contributed by atoms with E-state index in [1.54, 1.807) is 6.20 Å². The van der Waals surface area contributed by atoms with Crippen LogP contribution in [0.2, 0.25) is 0 Å². The van der Waals surface area contributed by atoms with Crippen molar-refractivity contribution in [1.29, 1.82) is 0 Å². The van der Waals surface area contributed by atoms with Gasteiger partial charge in [0, 0.05) is 18.9 Å². The molecule has 0 spiro atoms. The number of nitrogens with zero attached hydrogens (tertiary/aromatic N) is 3. The van der Waals surface area contributed by atoms with E-state index in [1.165, 1.54) is 5.69 Å². The molecule has 2 N–H and O–H groups in total. The summed E-state index contributed by atoms with van der Waals surface area (Å²) in [5, 5.41) is 9.86. The molecule has 2 heterocycles. The lowest BCUT2D eigenvalue weighted by Crippen LogP contribution is -2.05. The number of hydrogen-bond donors (Lipinski definition) is 2. The fourth-order valence-corrected chi connectivity index (χ4v) is 1.32. The Morgan fingerprint density at radius 2 is 2.43 bits per heavy atom. The fraction of sp³-hybridized carbons (Fsp3) is 0.333. The summed E-state index contributed by atoms with van der Waals surface area (Å²) in [5.41, 5.74) is 2.17. The summed E-state index contributed by atoms with van der Waals surface area (Å²) in [4.78, 5) is 4.09. The van der Waals surface area contributed by atoms with Crippen molar-refractivity contribution in [3.8, 4) is 0 Å². The van der Waals surface area contributed by atoms with E-state index >= 15 is 0 Å². The van der Waals surface area contributed by atoms with Crippen LogP contribution >= 0.6 is 0 Å². The van der Waals surface area contributed by atoms with Crippen molar-refractivity contribution in [3.05, 3.63) is 30.6 Å². The molecule has 0 aromatic carbocycles. The van der Waals surface area contributed by atoms with E-state index in [0.29, 0.717) is 0 Å². The van der Waals surface area contributed by atoms with Gasteiger partial charge in [-0.3, -0.25) is 5.10 Å². The van der Waals surface area contributed by atoms with Gasteiger partial charge in [0.25, 0.3) is 0 Å². The first kappa shape index (κ1) is 8.80. The Hall–Kier alpha value is -1.78. The Balaban J connectivity index is 1.98. The third-order valence-electron chi connectivity index (χ3n) is 2.11. The smallest absolute Gasteiger partial charge is 0.0948 e. The van der Waals surface area contributed by atoms with Crippen molar-refractivity contribution in [2.45, 2.75) is 20.0 Å². The molecule has 0 bridgehead atoms. The molecule has 0 atom stereocenters. The summed E-state index contributed by atoms with van der Waals surface area (Å²) in [7, 11) is 0. The molecule has 2 aromatic heterocycles. The quantitative estimate of drug-likeness (QED) is 0.764. The van der Waals surface area contributed by atoms with Crippen LogP contribution in [0, 0.1) is 0 Å². The molecule has 0 radical (unpaired) electrons. The molecule has 0 aliphatic rings. The number of hydrogen-bond acceptors (Lipinski definition) is 3. The summed E-state index contributed by atoms with van der Waals surface area (Å²) in [5.74, 6) is 0. The van der Waals surface area contributed by atoms with Crippen LogP contribution in [0.1, 0.15) is 12.6 Å². The minimum atomic E-state index is 0.771. The molecule has 0 fully saturated rings. The highest BCUT2D eigenvalue weighted by molar-refractivity contribution is 5.37. The van der Waals surface area contributed by atoms with Crippen molar-refractivity contribution in [1.82, 2.24) is 19.7 Å². The Bertz CT molecular complexity index is 376. The van der Waals surface area contributed by atoms with Crippen LogP contribution in [0.15, 0.2) is 24.9 Å². The van der Waals surface area contributed by atoms with Crippen molar-refractivity contribution in [2.24, 2.45) is 0 Å². The van der Waals surface area contributed by atoms with Crippen LogP contribution in [-0.4, -0.2) is 19.7 Å².